The molecule has 0 unspecified atom stereocenters. The Hall–Kier alpha value is -2.01. The molecule has 2 rings (SSSR count). The topological polar surface area (TPSA) is 48.4 Å². The van der Waals surface area contributed by atoms with Crippen molar-refractivity contribution >= 4 is 18.0 Å². The summed E-state index contributed by atoms with van der Waals surface area (Å²) in [4.78, 5) is 15.9. The highest BCUT2D eigenvalue weighted by molar-refractivity contribution is 7.99. The molecule has 0 spiro atoms. The second-order valence-corrected chi connectivity index (χ2v) is 5.55. The molecule has 21 heavy (non-hydrogen) atoms. The molecule has 0 aliphatic carbocycles. The van der Waals surface area contributed by atoms with E-state index in [0.29, 0.717) is 18.1 Å². The van der Waals surface area contributed by atoms with Crippen molar-refractivity contribution in [3.8, 4) is 11.5 Å². The van der Waals surface area contributed by atoms with Gasteiger partial charge in [0.2, 0.25) is 0 Å². The number of pyridine rings is 1. The van der Waals surface area contributed by atoms with E-state index in [1.807, 2.05) is 37.3 Å². The Balaban J connectivity index is 2.04. The molecule has 0 radical (unpaired) electrons. The first kappa shape index (κ1) is 15.4. The standard InChI is InChI=1S/C16H17NO3S/c1-3-21-16-8-14(9-17-15(16)10-18)20-11-12-4-6-13(19-2)7-5-12/h4-10H,3,11H2,1-2H3. The molecule has 1 aromatic heterocycles. The van der Waals surface area contributed by atoms with Gasteiger partial charge in [0.1, 0.15) is 23.8 Å². The number of methoxy groups -OCH3 is 1. The monoisotopic (exact) mass is 303 g/mol. The minimum absolute atomic E-state index is 0.447. The highest BCUT2D eigenvalue weighted by Crippen LogP contribution is 2.25. The van der Waals surface area contributed by atoms with Gasteiger partial charge in [0, 0.05) is 4.90 Å². The van der Waals surface area contributed by atoms with Gasteiger partial charge in [0.25, 0.3) is 0 Å². The van der Waals surface area contributed by atoms with Crippen molar-refractivity contribution < 1.29 is 14.3 Å². The maximum Gasteiger partial charge on any atom is 0.169 e. The number of thioether (sulfide) groups is 1. The van der Waals surface area contributed by atoms with E-state index in [9.17, 15) is 4.79 Å². The molecule has 0 aliphatic heterocycles. The number of ether oxygens (including phenoxy) is 2. The van der Waals surface area contributed by atoms with E-state index in [1.54, 1.807) is 25.1 Å². The second kappa shape index (κ2) is 7.69. The zero-order chi connectivity index (χ0) is 15.1. The van der Waals surface area contributed by atoms with Gasteiger partial charge in [-0.15, -0.1) is 11.8 Å². The maximum atomic E-state index is 10.9. The third kappa shape index (κ3) is 4.23. The Kier molecular flexibility index (Phi) is 5.63. The number of aldehydes is 1. The van der Waals surface area contributed by atoms with E-state index < -0.39 is 0 Å². The summed E-state index contributed by atoms with van der Waals surface area (Å²) < 4.78 is 10.8. The number of nitrogens with zero attached hydrogens (tertiary/aromatic N) is 1. The molecule has 0 saturated heterocycles. The van der Waals surface area contributed by atoms with Crippen molar-refractivity contribution in [3.05, 3.63) is 47.8 Å². The average Bonchev–Trinajstić information content (AvgIpc) is 2.54. The van der Waals surface area contributed by atoms with Crippen LogP contribution < -0.4 is 9.47 Å². The van der Waals surface area contributed by atoms with E-state index in [-0.39, 0.29) is 0 Å². The van der Waals surface area contributed by atoms with Gasteiger partial charge >= 0.3 is 0 Å². The van der Waals surface area contributed by atoms with Crippen LogP contribution in [0.3, 0.4) is 0 Å². The molecule has 1 heterocycles. The van der Waals surface area contributed by atoms with Crippen LogP contribution in [0.5, 0.6) is 11.5 Å². The number of rotatable bonds is 7. The predicted octanol–water partition coefficient (Wildman–Crippen LogP) is 3.59. The van der Waals surface area contributed by atoms with Crippen LogP contribution in [0.4, 0.5) is 0 Å². The normalized spacial score (nSPS) is 10.2. The summed E-state index contributed by atoms with van der Waals surface area (Å²) in [6.07, 6.45) is 2.35. The lowest BCUT2D eigenvalue weighted by molar-refractivity contribution is 0.111. The molecular formula is C16H17NO3S. The third-order valence-corrected chi connectivity index (χ3v) is 3.76. The average molecular weight is 303 g/mol. The zero-order valence-corrected chi connectivity index (χ0v) is 12.9. The lowest BCUT2D eigenvalue weighted by Gasteiger charge is -2.09. The molecule has 0 amide bonds. The first-order valence-electron chi connectivity index (χ1n) is 6.60. The number of benzene rings is 1. The van der Waals surface area contributed by atoms with Gasteiger partial charge in [-0.05, 0) is 29.5 Å². The van der Waals surface area contributed by atoms with Crippen LogP contribution in [-0.4, -0.2) is 24.1 Å². The summed E-state index contributed by atoms with van der Waals surface area (Å²) in [5.41, 5.74) is 1.50. The lowest BCUT2D eigenvalue weighted by Crippen LogP contribution is -1.98. The van der Waals surface area contributed by atoms with Gasteiger partial charge in [0.05, 0.1) is 13.3 Å². The van der Waals surface area contributed by atoms with Crippen LogP contribution >= 0.6 is 11.8 Å². The van der Waals surface area contributed by atoms with Crippen molar-refractivity contribution in [1.82, 2.24) is 4.98 Å². The van der Waals surface area contributed by atoms with Crippen LogP contribution in [0.2, 0.25) is 0 Å². The van der Waals surface area contributed by atoms with Crippen LogP contribution in [0, 0.1) is 0 Å². The Labute approximate surface area is 128 Å². The van der Waals surface area contributed by atoms with Gasteiger partial charge in [0.15, 0.2) is 6.29 Å². The molecule has 5 heteroatoms. The molecule has 4 nitrogen and oxygen atoms in total. The Morgan fingerprint density at radius 3 is 2.62 bits per heavy atom. The number of carbonyl (C=O) groups excluding carboxylic acids is 1. The van der Waals surface area contributed by atoms with E-state index >= 15 is 0 Å². The van der Waals surface area contributed by atoms with Crippen molar-refractivity contribution in [1.29, 1.82) is 0 Å². The smallest absolute Gasteiger partial charge is 0.169 e. The highest BCUT2D eigenvalue weighted by atomic mass is 32.2. The Morgan fingerprint density at radius 2 is 2.00 bits per heavy atom. The molecule has 1 aromatic carbocycles. The van der Waals surface area contributed by atoms with E-state index in [1.165, 1.54) is 0 Å². The number of hydrogen-bond donors (Lipinski definition) is 0. The summed E-state index contributed by atoms with van der Waals surface area (Å²) in [6.45, 7) is 2.48. The first-order valence-corrected chi connectivity index (χ1v) is 7.59. The molecular weight excluding hydrogens is 286 g/mol. The second-order valence-electron chi connectivity index (χ2n) is 4.24. The molecule has 0 atom stereocenters. The van der Waals surface area contributed by atoms with Crippen LogP contribution in [-0.2, 0) is 6.61 Å². The SMILES string of the molecule is CCSc1cc(OCc2ccc(OC)cc2)cnc1C=O. The minimum Gasteiger partial charge on any atom is -0.497 e. The summed E-state index contributed by atoms with van der Waals surface area (Å²) in [7, 11) is 1.64. The van der Waals surface area contributed by atoms with Crippen molar-refractivity contribution in [2.45, 2.75) is 18.4 Å². The lowest BCUT2D eigenvalue weighted by atomic mass is 10.2. The predicted molar refractivity (Wildman–Crippen MR) is 83.3 cm³/mol. The molecule has 0 N–H and O–H groups in total. The minimum atomic E-state index is 0.447. The quantitative estimate of drug-likeness (QED) is 0.578. The number of hydrogen-bond acceptors (Lipinski definition) is 5. The summed E-state index contributed by atoms with van der Waals surface area (Å²) >= 11 is 1.58. The number of aromatic nitrogens is 1. The van der Waals surface area contributed by atoms with E-state index in [2.05, 4.69) is 4.98 Å². The fourth-order valence-electron chi connectivity index (χ4n) is 1.76. The highest BCUT2D eigenvalue weighted by Gasteiger charge is 2.06. The van der Waals surface area contributed by atoms with E-state index in [0.717, 1.165) is 28.2 Å². The molecule has 0 fully saturated rings. The fraction of sp³-hybridized carbons (Fsp3) is 0.250. The summed E-state index contributed by atoms with van der Waals surface area (Å²) in [5.74, 6) is 2.36. The van der Waals surface area contributed by atoms with Crippen LogP contribution in [0.15, 0.2) is 41.4 Å². The molecule has 0 aliphatic rings. The van der Waals surface area contributed by atoms with Gasteiger partial charge in [-0.2, -0.15) is 0 Å². The largest absolute Gasteiger partial charge is 0.497 e. The fourth-order valence-corrected chi connectivity index (χ4v) is 2.52. The molecule has 2 aromatic rings. The van der Waals surface area contributed by atoms with Gasteiger partial charge in [-0.25, -0.2) is 4.98 Å². The molecule has 0 saturated carbocycles. The van der Waals surface area contributed by atoms with Crippen LogP contribution in [0.25, 0.3) is 0 Å². The Bertz CT molecular complexity index is 599. The van der Waals surface area contributed by atoms with E-state index in [4.69, 9.17) is 9.47 Å². The van der Waals surface area contributed by atoms with Gasteiger partial charge < -0.3 is 9.47 Å². The van der Waals surface area contributed by atoms with Crippen LogP contribution in [0.1, 0.15) is 23.0 Å². The maximum absolute atomic E-state index is 10.9. The van der Waals surface area contributed by atoms with Crippen molar-refractivity contribution in [2.75, 3.05) is 12.9 Å². The van der Waals surface area contributed by atoms with Gasteiger partial charge in [-0.1, -0.05) is 19.1 Å². The molecule has 110 valence electrons. The first-order chi connectivity index (χ1) is 10.3. The van der Waals surface area contributed by atoms with Crippen molar-refractivity contribution in [2.24, 2.45) is 0 Å². The number of carbonyl (C=O) groups is 1. The Morgan fingerprint density at radius 1 is 1.24 bits per heavy atom. The summed E-state index contributed by atoms with van der Waals surface area (Å²) in [5, 5.41) is 0. The van der Waals surface area contributed by atoms with Gasteiger partial charge in [-0.3, -0.25) is 4.79 Å². The zero-order valence-electron chi connectivity index (χ0n) is 12.0. The third-order valence-electron chi connectivity index (χ3n) is 2.83. The summed E-state index contributed by atoms with van der Waals surface area (Å²) in [6, 6.07) is 9.55. The van der Waals surface area contributed by atoms with Crippen molar-refractivity contribution in [3.63, 3.8) is 0 Å². The molecule has 0 bridgehead atoms.